The lowest BCUT2D eigenvalue weighted by atomic mass is 9.96. The summed E-state index contributed by atoms with van der Waals surface area (Å²) in [6.45, 7) is 4.68. The molecule has 0 saturated carbocycles. The van der Waals surface area contributed by atoms with E-state index in [9.17, 15) is 9.59 Å². The van der Waals surface area contributed by atoms with E-state index in [2.05, 4.69) is 5.10 Å². The number of aromatic nitrogens is 2. The van der Waals surface area contributed by atoms with E-state index in [0.717, 1.165) is 55.6 Å². The summed E-state index contributed by atoms with van der Waals surface area (Å²) in [5.41, 5.74) is 2.70. The second-order valence-electron chi connectivity index (χ2n) is 7.83. The van der Waals surface area contributed by atoms with Crippen molar-refractivity contribution in [2.45, 2.75) is 45.3 Å². The number of ether oxygens (including phenoxy) is 1. The number of piperidine rings is 1. The highest BCUT2D eigenvalue weighted by molar-refractivity contribution is 5.81. The van der Waals surface area contributed by atoms with E-state index in [4.69, 9.17) is 4.74 Å². The Bertz CT molecular complexity index is 880. The minimum absolute atomic E-state index is 0.0601. The van der Waals surface area contributed by atoms with E-state index < -0.39 is 0 Å². The fourth-order valence-corrected chi connectivity index (χ4v) is 4.15. The molecule has 1 aromatic carbocycles. The zero-order valence-electron chi connectivity index (χ0n) is 16.3. The monoisotopic (exact) mass is 381 g/mol. The third-order valence-electron chi connectivity index (χ3n) is 5.80. The zero-order chi connectivity index (χ0) is 19.5. The predicted octanol–water partition coefficient (Wildman–Crippen LogP) is 2.64. The van der Waals surface area contributed by atoms with Gasteiger partial charge in [-0.3, -0.25) is 9.59 Å². The molecular weight excluding hydrogens is 354 g/mol. The largest absolute Gasteiger partial charge is 0.368 e. The first-order valence-corrected chi connectivity index (χ1v) is 10.2. The summed E-state index contributed by atoms with van der Waals surface area (Å²) in [6.07, 6.45) is 3.34. The highest BCUT2D eigenvalue weighted by atomic mass is 16.5. The van der Waals surface area contributed by atoms with E-state index in [-0.39, 0.29) is 17.6 Å². The second kappa shape index (κ2) is 8.27. The van der Waals surface area contributed by atoms with Gasteiger partial charge in [0.1, 0.15) is 6.10 Å². The normalized spacial score (nSPS) is 20.5. The van der Waals surface area contributed by atoms with Gasteiger partial charge in [0.05, 0.1) is 5.69 Å². The molecule has 0 N–H and O–H groups in total. The summed E-state index contributed by atoms with van der Waals surface area (Å²) < 4.78 is 7.12. The van der Waals surface area contributed by atoms with Crippen LogP contribution in [0.3, 0.4) is 0 Å². The van der Waals surface area contributed by atoms with Crippen molar-refractivity contribution >= 4 is 5.91 Å². The van der Waals surface area contributed by atoms with Gasteiger partial charge < -0.3 is 9.64 Å². The van der Waals surface area contributed by atoms with Crippen molar-refractivity contribution in [1.29, 1.82) is 0 Å². The number of amides is 1. The number of aryl methyl sites for hydroxylation is 1. The summed E-state index contributed by atoms with van der Waals surface area (Å²) in [7, 11) is 0. The molecular formula is C22H27N3O3. The molecule has 4 rings (SSSR count). The molecule has 2 saturated heterocycles. The van der Waals surface area contributed by atoms with Gasteiger partial charge in [0.15, 0.2) is 0 Å². The van der Waals surface area contributed by atoms with Gasteiger partial charge >= 0.3 is 0 Å². The molecule has 28 heavy (non-hydrogen) atoms. The number of hydrogen-bond donors (Lipinski definition) is 0. The minimum atomic E-state index is -0.244. The van der Waals surface area contributed by atoms with E-state index >= 15 is 0 Å². The maximum absolute atomic E-state index is 12.5. The highest BCUT2D eigenvalue weighted by Crippen LogP contribution is 2.23. The van der Waals surface area contributed by atoms with Gasteiger partial charge in [-0.15, -0.1) is 0 Å². The average Bonchev–Trinajstić information content (AvgIpc) is 3.25. The van der Waals surface area contributed by atoms with E-state index in [0.29, 0.717) is 19.1 Å². The van der Waals surface area contributed by atoms with Crippen molar-refractivity contribution in [1.82, 2.24) is 14.7 Å². The number of rotatable bonds is 4. The molecule has 2 fully saturated rings. The first-order chi connectivity index (χ1) is 13.6. The molecule has 0 bridgehead atoms. The molecule has 2 aliphatic rings. The van der Waals surface area contributed by atoms with E-state index in [1.165, 1.54) is 0 Å². The van der Waals surface area contributed by atoms with Gasteiger partial charge in [0.25, 0.3) is 11.5 Å². The lowest BCUT2D eigenvalue weighted by Crippen LogP contribution is -2.44. The molecule has 0 spiro atoms. The van der Waals surface area contributed by atoms with Gasteiger partial charge in [-0.25, -0.2) is 4.68 Å². The van der Waals surface area contributed by atoms with Gasteiger partial charge in [-0.05, 0) is 44.1 Å². The fraction of sp³-hybridized carbons (Fsp3) is 0.500. The Labute approximate surface area is 165 Å². The lowest BCUT2D eigenvalue weighted by Gasteiger charge is -2.33. The molecule has 1 aromatic heterocycles. The van der Waals surface area contributed by atoms with Crippen molar-refractivity contribution in [2.24, 2.45) is 5.92 Å². The van der Waals surface area contributed by atoms with Gasteiger partial charge in [-0.2, -0.15) is 5.10 Å². The minimum Gasteiger partial charge on any atom is -0.368 e. The van der Waals surface area contributed by atoms with Gasteiger partial charge in [-0.1, -0.05) is 30.3 Å². The van der Waals surface area contributed by atoms with Crippen molar-refractivity contribution in [3.63, 3.8) is 0 Å². The van der Waals surface area contributed by atoms with Crippen LogP contribution in [-0.4, -0.2) is 46.4 Å². The lowest BCUT2D eigenvalue weighted by molar-refractivity contribution is -0.142. The molecule has 0 aliphatic carbocycles. The number of carbonyl (C=O) groups excluding carboxylic acids is 1. The summed E-state index contributed by atoms with van der Waals surface area (Å²) >= 11 is 0. The maximum atomic E-state index is 12.5. The maximum Gasteiger partial charge on any atom is 0.267 e. The first-order valence-electron chi connectivity index (χ1n) is 10.2. The number of likely N-dealkylation sites (tertiary alicyclic amines) is 1. The fourth-order valence-electron chi connectivity index (χ4n) is 4.15. The predicted molar refractivity (Wildman–Crippen MR) is 107 cm³/mol. The quantitative estimate of drug-likeness (QED) is 0.817. The van der Waals surface area contributed by atoms with Gasteiger partial charge in [0, 0.05) is 37.9 Å². The molecule has 1 amide bonds. The Hall–Kier alpha value is -2.47. The van der Waals surface area contributed by atoms with Crippen molar-refractivity contribution in [3.05, 3.63) is 52.3 Å². The average molecular weight is 381 g/mol. The summed E-state index contributed by atoms with van der Waals surface area (Å²) in [5, 5.41) is 4.66. The van der Waals surface area contributed by atoms with Crippen LogP contribution in [0.4, 0.5) is 0 Å². The Morgan fingerprint density at radius 2 is 1.93 bits per heavy atom. The zero-order valence-corrected chi connectivity index (χ0v) is 16.3. The van der Waals surface area contributed by atoms with Crippen LogP contribution in [0.25, 0.3) is 11.3 Å². The molecule has 2 aromatic rings. The van der Waals surface area contributed by atoms with E-state index in [1.807, 2.05) is 42.2 Å². The standard InChI is InChI=1S/C22H27N3O3/c1-16-14-20(26)25(23-21(16)18-6-3-2-4-7-18)15-17-9-11-24(12-10-17)22(27)19-8-5-13-28-19/h2-4,6-7,14,17,19H,5,8-13,15H2,1H3. The second-order valence-corrected chi connectivity index (χ2v) is 7.83. The third-order valence-corrected chi connectivity index (χ3v) is 5.80. The molecule has 6 heteroatoms. The Morgan fingerprint density at radius 3 is 2.61 bits per heavy atom. The smallest absolute Gasteiger partial charge is 0.267 e. The van der Waals surface area contributed by atoms with Crippen LogP contribution in [0.1, 0.15) is 31.2 Å². The highest BCUT2D eigenvalue weighted by Gasteiger charge is 2.31. The summed E-state index contributed by atoms with van der Waals surface area (Å²) in [6, 6.07) is 11.6. The van der Waals surface area contributed by atoms with Crippen LogP contribution in [0.2, 0.25) is 0 Å². The molecule has 1 atom stereocenters. The van der Waals surface area contributed by atoms with Crippen LogP contribution in [0.15, 0.2) is 41.2 Å². The molecule has 3 heterocycles. The molecule has 1 unspecified atom stereocenters. The summed E-state index contributed by atoms with van der Waals surface area (Å²) in [4.78, 5) is 26.9. The molecule has 2 aliphatic heterocycles. The number of hydrogen-bond acceptors (Lipinski definition) is 4. The van der Waals surface area contributed by atoms with Crippen molar-refractivity contribution < 1.29 is 9.53 Å². The Balaban J connectivity index is 1.42. The number of benzene rings is 1. The topological polar surface area (TPSA) is 64.4 Å². The Kier molecular flexibility index (Phi) is 5.57. The third kappa shape index (κ3) is 4.02. The number of carbonyl (C=O) groups is 1. The first kappa shape index (κ1) is 18.9. The van der Waals surface area contributed by atoms with Crippen LogP contribution in [-0.2, 0) is 16.1 Å². The molecule has 0 radical (unpaired) electrons. The molecule has 6 nitrogen and oxygen atoms in total. The van der Waals surface area contributed by atoms with Crippen LogP contribution in [0, 0.1) is 12.8 Å². The van der Waals surface area contributed by atoms with Crippen molar-refractivity contribution in [2.75, 3.05) is 19.7 Å². The number of nitrogens with zero attached hydrogens (tertiary/aromatic N) is 3. The Morgan fingerprint density at radius 1 is 1.18 bits per heavy atom. The van der Waals surface area contributed by atoms with Crippen LogP contribution < -0.4 is 5.56 Å². The van der Waals surface area contributed by atoms with Crippen LogP contribution >= 0.6 is 0 Å². The van der Waals surface area contributed by atoms with E-state index in [1.54, 1.807) is 10.7 Å². The summed E-state index contributed by atoms with van der Waals surface area (Å²) in [5.74, 6) is 0.484. The van der Waals surface area contributed by atoms with Crippen molar-refractivity contribution in [3.8, 4) is 11.3 Å². The molecule has 148 valence electrons. The van der Waals surface area contributed by atoms with Gasteiger partial charge in [0.2, 0.25) is 0 Å². The SMILES string of the molecule is Cc1cc(=O)n(CC2CCN(C(=O)C3CCCO3)CC2)nc1-c1ccccc1. The van der Waals surface area contributed by atoms with Crippen LogP contribution in [0.5, 0.6) is 0 Å².